The van der Waals surface area contributed by atoms with E-state index < -0.39 is 0 Å². The number of hydrogen-bond donors (Lipinski definition) is 1. The third-order valence-corrected chi connectivity index (χ3v) is 1.48. The van der Waals surface area contributed by atoms with Crippen molar-refractivity contribution in [3.8, 4) is 0 Å². The van der Waals surface area contributed by atoms with E-state index in [2.05, 4.69) is 0 Å². The molecule has 0 aromatic carbocycles. The molecular weight excluding hydrogens is 128 g/mol. The Morgan fingerprint density at radius 1 is 1.70 bits per heavy atom. The van der Waals surface area contributed by atoms with E-state index in [1.165, 1.54) is 0 Å². The average Bonchev–Trinajstić information content (AvgIpc) is 2.36. The summed E-state index contributed by atoms with van der Waals surface area (Å²) in [6.45, 7) is 2.75. The zero-order chi connectivity index (χ0) is 7.40. The predicted molar refractivity (Wildman–Crippen MR) is 39.4 cm³/mol. The zero-order valence-electron chi connectivity index (χ0n) is 6.08. The van der Waals surface area contributed by atoms with Crippen molar-refractivity contribution in [2.24, 2.45) is 5.92 Å². The number of aliphatic hydroxyl groups is 1. The summed E-state index contributed by atoms with van der Waals surface area (Å²) in [6, 6.07) is 0. The maximum absolute atomic E-state index is 8.79. The molecule has 1 rings (SSSR count). The van der Waals surface area contributed by atoms with Gasteiger partial charge in [0.15, 0.2) is 0 Å². The van der Waals surface area contributed by atoms with E-state index in [1.54, 1.807) is 0 Å². The molecule has 0 amide bonds. The summed E-state index contributed by atoms with van der Waals surface area (Å²) in [5.74, 6) is 0.977. The minimum absolute atomic E-state index is 0.0972. The molecule has 1 unspecified atom stereocenters. The summed E-state index contributed by atoms with van der Waals surface area (Å²) >= 11 is 0. The molecule has 56 valence electrons. The number of aliphatic hydroxyl groups excluding tert-OH is 1. The minimum Gasteiger partial charge on any atom is -0.498 e. The van der Waals surface area contributed by atoms with Gasteiger partial charge in [-0.3, -0.25) is 0 Å². The van der Waals surface area contributed by atoms with Crippen LogP contribution >= 0.6 is 0 Å². The van der Waals surface area contributed by atoms with Gasteiger partial charge < -0.3 is 9.84 Å². The van der Waals surface area contributed by atoms with Crippen molar-refractivity contribution in [3.63, 3.8) is 0 Å². The summed E-state index contributed by atoms with van der Waals surface area (Å²) < 4.78 is 5.24. The van der Waals surface area contributed by atoms with E-state index in [9.17, 15) is 0 Å². The van der Waals surface area contributed by atoms with Crippen molar-refractivity contribution < 1.29 is 9.84 Å². The third-order valence-electron chi connectivity index (χ3n) is 1.48. The first-order chi connectivity index (χ1) is 4.88. The van der Waals surface area contributed by atoms with Crippen LogP contribution in [-0.2, 0) is 4.74 Å². The molecule has 0 aromatic rings. The SMILES string of the molecule is CCOC1=CC=CC1CO. The van der Waals surface area contributed by atoms with Gasteiger partial charge in [-0.1, -0.05) is 12.2 Å². The van der Waals surface area contributed by atoms with Gasteiger partial charge in [-0.2, -0.15) is 0 Å². The predicted octanol–water partition coefficient (Wildman–Crippen LogP) is 1.09. The Hall–Kier alpha value is -0.760. The number of hydrogen-bond acceptors (Lipinski definition) is 2. The lowest BCUT2D eigenvalue weighted by molar-refractivity contribution is 0.170. The first kappa shape index (κ1) is 7.35. The fourth-order valence-corrected chi connectivity index (χ4v) is 0.976. The van der Waals surface area contributed by atoms with E-state index in [0.29, 0.717) is 6.61 Å². The van der Waals surface area contributed by atoms with Crippen LogP contribution in [0.1, 0.15) is 6.92 Å². The number of ether oxygens (including phenoxy) is 1. The fourth-order valence-electron chi connectivity index (χ4n) is 0.976. The van der Waals surface area contributed by atoms with Gasteiger partial charge in [0, 0.05) is 0 Å². The van der Waals surface area contributed by atoms with E-state index in [1.807, 2.05) is 25.2 Å². The van der Waals surface area contributed by atoms with Gasteiger partial charge in [0.05, 0.1) is 19.1 Å². The van der Waals surface area contributed by atoms with Gasteiger partial charge in [-0.25, -0.2) is 0 Å². The molecule has 0 saturated heterocycles. The topological polar surface area (TPSA) is 29.5 Å². The van der Waals surface area contributed by atoms with Crippen LogP contribution in [0.3, 0.4) is 0 Å². The monoisotopic (exact) mass is 140 g/mol. The largest absolute Gasteiger partial charge is 0.498 e. The van der Waals surface area contributed by atoms with Gasteiger partial charge in [0.25, 0.3) is 0 Å². The summed E-state index contributed by atoms with van der Waals surface area (Å²) in [4.78, 5) is 0. The van der Waals surface area contributed by atoms with Crippen LogP contribution in [0.2, 0.25) is 0 Å². The van der Waals surface area contributed by atoms with E-state index in [0.717, 1.165) is 5.76 Å². The molecule has 1 atom stereocenters. The second kappa shape index (κ2) is 3.42. The highest BCUT2D eigenvalue weighted by Crippen LogP contribution is 2.19. The smallest absolute Gasteiger partial charge is 0.105 e. The molecule has 0 heterocycles. The van der Waals surface area contributed by atoms with Crippen LogP contribution < -0.4 is 0 Å². The molecule has 0 fully saturated rings. The first-order valence-electron chi connectivity index (χ1n) is 3.50. The zero-order valence-corrected chi connectivity index (χ0v) is 6.08. The highest BCUT2D eigenvalue weighted by Gasteiger charge is 2.13. The van der Waals surface area contributed by atoms with Crippen LogP contribution in [0.15, 0.2) is 24.0 Å². The van der Waals surface area contributed by atoms with Gasteiger partial charge in [-0.15, -0.1) is 0 Å². The van der Waals surface area contributed by atoms with Crippen molar-refractivity contribution in [3.05, 3.63) is 24.0 Å². The Kier molecular flexibility index (Phi) is 2.51. The lowest BCUT2D eigenvalue weighted by Gasteiger charge is -2.10. The molecule has 0 spiro atoms. The second-order valence-electron chi connectivity index (χ2n) is 2.18. The van der Waals surface area contributed by atoms with Gasteiger partial charge in [0.2, 0.25) is 0 Å². The fraction of sp³-hybridized carbons (Fsp3) is 0.500. The summed E-state index contributed by atoms with van der Waals surface area (Å²) in [6.07, 6.45) is 5.74. The van der Waals surface area contributed by atoms with Gasteiger partial charge in [-0.05, 0) is 13.0 Å². The third kappa shape index (κ3) is 1.39. The molecule has 1 aliphatic rings. The molecule has 1 N–H and O–H groups in total. The Bertz CT molecular complexity index is 159. The van der Waals surface area contributed by atoms with Crippen molar-refractivity contribution >= 4 is 0 Å². The molecule has 0 saturated carbocycles. The molecule has 0 radical (unpaired) electrons. The molecule has 0 aliphatic heterocycles. The summed E-state index contributed by atoms with van der Waals surface area (Å²) in [5, 5.41) is 8.79. The lowest BCUT2D eigenvalue weighted by Crippen LogP contribution is -2.06. The Labute approximate surface area is 60.8 Å². The highest BCUT2D eigenvalue weighted by atomic mass is 16.5. The number of allylic oxidation sites excluding steroid dienone is 2. The summed E-state index contributed by atoms with van der Waals surface area (Å²) in [7, 11) is 0. The average molecular weight is 140 g/mol. The quantitative estimate of drug-likeness (QED) is 0.635. The lowest BCUT2D eigenvalue weighted by atomic mass is 10.2. The second-order valence-corrected chi connectivity index (χ2v) is 2.18. The van der Waals surface area contributed by atoms with Crippen LogP contribution in [-0.4, -0.2) is 18.3 Å². The normalized spacial score (nSPS) is 23.0. The molecular formula is C8H12O2. The molecule has 2 heteroatoms. The molecule has 1 aliphatic carbocycles. The van der Waals surface area contributed by atoms with Crippen molar-refractivity contribution in [2.45, 2.75) is 6.92 Å². The van der Waals surface area contributed by atoms with Crippen LogP contribution in [0.25, 0.3) is 0 Å². The van der Waals surface area contributed by atoms with Crippen LogP contribution in [0, 0.1) is 5.92 Å². The number of rotatable bonds is 3. The van der Waals surface area contributed by atoms with Gasteiger partial charge in [0.1, 0.15) is 5.76 Å². The minimum atomic E-state index is 0.0972. The van der Waals surface area contributed by atoms with E-state index >= 15 is 0 Å². The van der Waals surface area contributed by atoms with Crippen molar-refractivity contribution in [2.75, 3.05) is 13.2 Å². The highest BCUT2D eigenvalue weighted by molar-refractivity contribution is 5.23. The molecule has 10 heavy (non-hydrogen) atoms. The maximum atomic E-state index is 8.79. The van der Waals surface area contributed by atoms with E-state index in [4.69, 9.17) is 9.84 Å². The Balaban J connectivity index is 2.45. The molecule has 2 nitrogen and oxygen atoms in total. The van der Waals surface area contributed by atoms with Crippen LogP contribution in [0.4, 0.5) is 0 Å². The summed E-state index contributed by atoms with van der Waals surface area (Å²) in [5.41, 5.74) is 0. The maximum Gasteiger partial charge on any atom is 0.105 e. The molecule has 0 aromatic heterocycles. The Morgan fingerprint density at radius 2 is 2.50 bits per heavy atom. The standard InChI is InChI=1S/C8H12O2/c1-2-10-8-5-3-4-7(8)6-9/h3-5,7,9H,2,6H2,1H3. The van der Waals surface area contributed by atoms with Crippen molar-refractivity contribution in [1.82, 2.24) is 0 Å². The van der Waals surface area contributed by atoms with E-state index in [-0.39, 0.29) is 12.5 Å². The van der Waals surface area contributed by atoms with Crippen molar-refractivity contribution in [1.29, 1.82) is 0 Å². The van der Waals surface area contributed by atoms with Gasteiger partial charge >= 0.3 is 0 Å². The Morgan fingerprint density at radius 3 is 3.10 bits per heavy atom. The van der Waals surface area contributed by atoms with Crippen LogP contribution in [0.5, 0.6) is 0 Å². The molecule has 0 bridgehead atoms. The first-order valence-corrected chi connectivity index (χ1v) is 3.50.